The molecule has 2 nitrogen and oxygen atoms in total. The predicted octanol–water partition coefficient (Wildman–Crippen LogP) is 1.87. The number of rotatable bonds is 4. The Hall–Kier alpha value is 0.460. The van der Waals surface area contributed by atoms with Gasteiger partial charge in [-0.05, 0) is 24.5 Å². The van der Waals surface area contributed by atoms with Crippen LogP contribution in [0.4, 0.5) is 0 Å². The Morgan fingerprint density at radius 2 is 2.27 bits per heavy atom. The van der Waals surface area contributed by atoms with Crippen molar-refractivity contribution in [1.29, 1.82) is 0 Å². The summed E-state index contributed by atoms with van der Waals surface area (Å²) < 4.78 is 11.2. The maximum absolute atomic E-state index is 11.2. The topological polar surface area (TPSA) is 29.1 Å². The Labute approximate surface area is 100 Å². The maximum atomic E-state index is 11.2. The highest BCUT2D eigenvalue weighted by Gasteiger charge is 2.32. The fraction of sp³-hybridized carbons (Fsp3) is 1.00. The Kier molecular flexibility index (Phi) is 5.13. The first-order valence-electron chi connectivity index (χ1n) is 5.57. The molecule has 0 amide bonds. The standard InChI is InChI=1S/C11H23NOS2/c1-9(15(4)13)7-12-10-8-14-6-5-11(10,2)3/h9-10,12H,5-8H2,1-4H3. The van der Waals surface area contributed by atoms with Gasteiger partial charge in [0.05, 0.1) is 0 Å². The van der Waals surface area contributed by atoms with Gasteiger partial charge >= 0.3 is 0 Å². The van der Waals surface area contributed by atoms with E-state index in [0.717, 1.165) is 6.54 Å². The van der Waals surface area contributed by atoms with Gasteiger partial charge in [0.25, 0.3) is 0 Å². The van der Waals surface area contributed by atoms with Crippen molar-refractivity contribution in [1.82, 2.24) is 5.32 Å². The van der Waals surface area contributed by atoms with Crippen LogP contribution >= 0.6 is 11.8 Å². The molecule has 1 aliphatic heterocycles. The first kappa shape index (κ1) is 13.5. The summed E-state index contributed by atoms with van der Waals surface area (Å²) in [6.07, 6.45) is 3.06. The van der Waals surface area contributed by atoms with E-state index in [1.54, 1.807) is 6.26 Å². The van der Waals surface area contributed by atoms with Crippen molar-refractivity contribution >= 4 is 22.6 Å². The minimum atomic E-state index is -0.709. The minimum absolute atomic E-state index is 0.257. The third-order valence-corrected chi connectivity index (χ3v) is 5.70. The van der Waals surface area contributed by atoms with Gasteiger partial charge in [-0.2, -0.15) is 11.8 Å². The van der Waals surface area contributed by atoms with Gasteiger partial charge < -0.3 is 5.32 Å². The van der Waals surface area contributed by atoms with Crippen molar-refractivity contribution in [2.75, 3.05) is 24.3 Å². The molecule has 90 valence electrons. The quantitative estimate of drug-likeness (QED) is 0.825. The molecule has 0 saturated carbocycles. The summed E-state index contributed by atoms with van der Waals surface area (Å²) in [5, 5.41) is 3.84. The monoisotopic (exact) mass is 249 g/mol. The molecule has 0 radical (unpaired) electrons. The molecular weight excluding hydrogens is 226 g/mol. The third-order valence-electron chi connectivity index (χ3n) is 3.34. The summed E-state index contributed by atoms with van der Waals surface area (Å²) >= 11 is 2.03. The van der Waals surface area contributed by atoms with Gasteiger partial charge in [-0.15, -0.1) is 0 Å². The van der Waals surface area contributed by atoms with Crippen LogP contribution in [0, 0.1) is 5.41 Å². The molecule has 3 unspecified atom stereocenters. The Balaban J connectivity index is 2.39. The SMILES string of the molecule is CC(CNC1CSCCC1(C)C)S(C)=O. The van der Waals surface area contributed by atoms with Gasteiger partial charge in [-0.3, -0.25) is 4.21 Å². The molecule has 0 bridgehead atoms. The van der Waals surface area contributed by atoms with Crippen LogP contribution in [0.5, 0.6) is 0 Å². The lowest BCUT2D eigenvalue weighted by Crippen LogP contribution is -2.48. The van der Waals surface area contributed by atoms with Gasteiger partial charge in [-0.1, -0.05) is 13.8 Å². The lowest BCUT2D eigenvalue weighted by molar-refractivity contribution is 0.247. The average molecular weight is 249 g/mol. The molecule has 3 atom stereocenters. The van der Waals surface area contributed by atoms with E-state index >= 15 is 0 Å². The Morgan fingerprint density at radius 3 is 2.80 bits per heavy atom. The fourth-order valence-electron chi connectivity index (χ4n) is 1.70. The summed E-state index contributed by atoms with van der Waals surface area (Å²) in [6.45, 7) is 7.58. The zero-order valence-corrected chi connectivity index (χ0v) is 11.8. The average Bonchev–Trinajstić information content (AvgIpc) is 2.14. The molecule has 0 aromatic rings. The van der Waals surface area contributed by atoms with E-state index in [9.17, 15) is 4.21 Å². The molecule has 1 N–H and O–H groups in total. The smallest absolute Gasteiger partial charge is 0.0441 e. The summed E-state index contributed by atoms with van der Waals surface area (Å²) in [4.78, 5) is 0. The number of hydrogen-bond acceptors (Lipinski definition) is 3. The normalized spacial score (nSPS) is 29.7. The Bertz CT molecular complexity index is 231. The molecule has 0 aromatic carbocycles. The van der Waals surface area contributed by atoms with E-state index in [-0.39, 0.29) is 5.25 Å². The summed E-state index contributed by atoms with van der Waals surface area (Å²) in [7, 11) is -0.709. The number of nitrogens with one attached hydrogen (secondary N) is 1. The molecule has 0 spiro atoms. The van der Waals surface area contributed by atoms with Crippen LogP contribution in [0.1, 0.15) is 27.2 Å². The van der Waals surface area contributed by atoms with Gasteiger partial charge in [-0.25, -0.2) is 0 Å². The summed E-state index contributed by atoms with van der Waals surface area (Å²) in [5.41, 5.74) is 0.389. The molecule has 1 aliphatic rings. The van der Waals surface area contributed by atoms with Crippen molar-refractivity contribution < 1.29 is 4.21 Å². The second-order valence-electron chi connectivity index (χ2n) is 5.08. The highest BCUT2D eigenvalue weighted by molar-refractivity contribution is 7.99. The van der Waals surface area contributed by atoms with E-state index in [0.29, 0.717) is 11.5 Å². The predicted molar refractivity (Wildman–Crippen MR) is 71.0 cm³/mol. The van der Waals surface area contributed by atoms with E-state index in [1.807, 2.05) is 18.7 Å². The number of hydrogen-bond donors (Lipinski definition) is 1. The largest absolute Gasteiger partial charge is 0.311 e. The first-order chi connectivity index (χ1) is 6.93. The molecule has 1 saturated heterocycles. The zero-order chi connectivity index (χ0) is 11.5. The van der Waals surface area contributed by atoms with Crippen molar-refractivity contribution in [2.24, 2.45) is 5.41 Å². The molecule has 1 heterocycles. The highest BCUT2D eigenvalue weighted by atomic mass is 32.2. The van der Waals surface area contributed by atoms with Crippen molar-refractivity contribution in [3.63, 3.8) is 0 Å². The molecule has 1 fully saturated rings. The minimum Gasteiger partial charge on any atom is -0.311 e. The van der Waals surface area contributed by atoms with Gasteiger partial charge in [0, 0.05) is 40.6 Å². The van der Waals surface area contributed by atoms with Gasteiger partial charge in [0.15, 0.2) is 0 Å². The lowest BCUT2D eigenvalue weighted by atomic mass is 9.82. The number of thioether (sulfide) groups is 1. The first-order valence-corrected chi connectivity index (χ1v) is 8.34. The van der Waals surface area contributed by atoms with Crippen molar-refractivity contribution in [3.05, 3.63) is 0 Å². The van der Waals surface area contributed by atoms with E-state index in [2.05, 4.69) is 19.2 Å². The van der Waals surface area contributed by atoms with Crippen LogP contribution < -0.4 is 5.32 Å². The van der Waals surface area contributed by atoms with E-state index < -0.39 is 10.8 Å². The van der Waals surface area contributed by atoms with Crippen molar-refractivity contribution in [3.8, 4) is 0 Å². The molecule has 15 heavy (non-hydrogen) atoms. The molecule has 0 aromatic heterocycles. The van der Waals surface area contributed by atoms with Gasteiger partial charge in [0.1, 0.15) is 0 Å². The van der Waals surface area contributed by atoms with Crippen LogP contribution in [0.25, 0.3) is 0 Å². The molecule has 4 heteroatoms. The highest BCUT2D eigenvalue weighted by Crippen LogP contribution is 2.34. The van der Waals surface area contributed by atoms with Crippen LogP contribution in [0.15, 0.2) is 0 Å². The molecule has 0 aliphatic carbocycles. The molecular formula is C11H23NOS2. The summed E-state index contributed by atoms with van der Waals surface area (Å²) in [6, 6.07) is 0.572. The van der Waals surface area contributed by atoms with E-state index in [1.165, 1.54) is 17.9 Å². The molecule has 1 rings (SSSR count). The fourth-order valence-corrected chi connectivity index (χ4v) is 3.67. The summed E-state index contributed by atoms with van der Waals surface area (Å²) in [5.74, 6) is 2.47. The van der Waals surface area contributed by atoms with Crippen molar-refractivity contribution in [2.45, 2.75) is 38.5 Å². The second kappa shape index (κ2) is 5.69. The lowest BCUT2D eigenvalue weighted by Gasteiger charge is -2.39. The van der Waals surface area contributed by atoms with Gasteiger partial charge in [0.2, 0.25) is 0 Å². The van der Waals surface area contributed by atoms with Crippen LogP contribution in [0.3, 0.4) is 0 Å². The zero-order valence-electron chi connectivity index (χ0n) is 10.2. The Morgan fingerprint density at radius 1 is 1.60 bits per heavy atom. The second-order valence-corrected chi connectivity index (χ2v) is 8.04. The van der Waals surface area contributed by atoms with Crippen LogP contribution in [-0.2, 0) is 10.8 Å². The third kappa shape index (κ3) is 4.08. The van der Waals surface area contributed by atoms with Crippen LogP contribution in [0.2, 0.25) is 0 Å². The maximum Gasteiger partial charge on any atom is 0.0441 e. The van der Waals surface area contributed by atoms with Crippen LogP contribution in [-0.4, -0.2) is 39.8 Å². The van der Waals surface area contributed by atoms with E-state index in [4.69, 9.17) is 0 Å².